The molecule has 1 aliphatic rings. The monoisotopic (exact) mass is 582 g/mol. The average Bonchev–Trinajstić information content (AvgIpc) is 3.37. The lowest BCUT2D eigenvalue weighted by Crippen LogP contribution is -2.29. The highest BCUT2D eigenvalue weighted by molar-refractivity contribution is 5.96. The topological polar surface area (TPSA) is 78.9 Å². The Morgan fingerprint density at radius 1 is 0.545 bits per heavy atom. The molecule has 0 atom stereocenters. The third kappa shape index (κ3) is 6.15. The molecule has 0 unspecified atom stereocenters. The summed E-state index contributed by atoms with van der Waals surface area (Å²) in [6.07, 6.45) is 1.69. The fraction of sp³-hybridized carbons (Fsp3) is 0.132. The van der Waals surface area contributed by atoms with E-state index in [1.165, 1.54) is 0 Å². The molecule has 0 fully saturated rings. The van der Waals surface area contributed by atoms with Crippen LogP contribution in [0.3, 0.4) is 0 Å². The van der Waals surface area contributed by atoms with Crippen LogP contribution in [0.15, 0.2) is 133 Å². The van der Waals surface area contributed by atoms with E-state index in [2.05, 4.69) is 0 Å². The van der Waals surface area contributed by atoms with E-state index in [9.17, 15) is 14.4 Å². The van der Waals surface area contributed by atoms with Gasteiger partial charge in [-0.1, -0.05) is 103 Å². The number of hydrogen-bond donors (Lipinski definition) is 0. The zero-order chi connectivity index (χ0) is 30.4. The van der Waals surface area contributed by atoms with Gasteiger partial charge in [0.15, 0.2) is 5.60 Å². The van der Waals surface area contributed by atoms with E-state index in [1.807, 2.05) is 72.8 Å². The van der Waals surface area contributed by atoms with Crippen molar-refractivity contribution in [1.29, 1.82) is 0 Å². The first-order valence-electron chi connectivity index (χ1n) is 14.5. The minimum Gasteiger partial charge on any atom is -0.441 e. The maximum absolute atomic E-state index is 13.1. The molecular weight excluding hydrogens is 552 g/mol. The Morgan fingerprint density at radius 3 is 1.45 bits per heavy atom. The largest absolute Gasteiger partial charge is 0.441 e. The second kappa shape index (κ2) is 12.8. The summed E-state index contributed by atoms with van der Waals surface area (Å²) < 4.78 is 17.3. The van der Waals surface area contributed by atoms with Gasteiger partial charge >= 0.3 is 17.9 Å². The molecule has 5 aromatic carbocycles. The summed E-state index contributed by atoms with van der Waals surface area (Å²) in [5, 5.41) is 0. The summed E-state index contributed by atoms with van der Waals surface area (Å²) >= 11 is 0. The van der Waals surface area contributed by atoms with Gasteiger partial charge in [0.25, 0.3) is 0 Å². The standard InChI is InChI=1S/C38H30O6/c39-35(25-15-27-9-3-1-4-10-27)42-31-21-17-29(18-22-31)38(34-14-8-7-13-33(34)37(41)44-38)30-19-23-32(24-20-30)43-36(40)26-16-28-11-5-2-6-12-28/h1-14,17-24H,15-16,25-26H2. The second-order valence-electron chi connectivity index (χ2n) is 10.6. The molecule has 6 heteroatoms. The molecule has 44 heavy (non-hydrogen) atoms. The average molecular weight is 583 g/mol. The lowest BCUT2D eigenvalue weighted by Gasteiger charge is -2.30. The molecule has 0 amide bonds. The summed E-state index contributed by atoms with van der Waals surface area (Å²) in [5.41, 5.74) is 3.44. The molecule has 0 radical (unpaired) electrons. The molecule has 6 rings (SSSR count). The molecule has 6 nitrogen and oxygen atoms in total. The molecule has 1 aliphatic heterocycles. The molecule has 0 spiro atoms. The Morgan fingerprint density at radius 2 is 0.977 bits per heavy atom. The number of esters is 3. The van der Waals surface area contributed by atoms with Crippen LogP contribution in [0.25, 0.3) is 0 Å². The number of benzene rings is 5. The first-order chi connectivity index (χ1) is 21.5. The van der Waals surface area contributed by atoms with Crippen molar-refractivity contribution in [2.75, 3.05) is 0 Å². The number of ether oxygens (including phenoxy) is 3. The smallest absolute Gasteiger partial charge is 0.340 e. The van der Waals surface area contributed by atoms with Crippen molar-refractivity contribution in [3.63, 3.8) is 0 Å². The Hall–Kier alpha value is -5.49. The summed E-state index contributed by atoms with van der Waals surface area (Å²) in [6.45, 7) is 0. The van der Waals surface area contributed by atoms with Gasteiger partial charge in [0.2, 0.25) is 0 Å². The lowest BCUT2D eigenvalue weighted by atomic mass is 9.80. The zero-order valence-corrected chi connectivity index (χ0v) is 24.0. The minimum atomic E-state index is -1.24. The van der Waals surface area contributed by atoms with Gasteiger partial charge in [0.05, 0.1) is 5.56 Å². The zero-order valence-electron chi connectivity index (χ0n) is 24.0. The van der Waals surface area contributed by atoms with Crippen LogP contribution in [-0.4, -0.2) is 17.9 Å². The highest BCUT2D eigenvalue weighted by atomic mass is 16.6. The van der Waals surface area contributed by atoms with Gasteiger partial charge in [-0.15, -0.1) is 0 Å². The third-order valence-electron chi connectivity index (χ3n) is 7.68. The van der Waals surface area contributed by atoms with Crippen molar-refractivity contribution in [3.05, 3.63) is 167 Å². The second-order valence-corrected chi connectivity index (χ2v) is 10.6. The molecule has 0 bridgehead atoms. The van der Waals surface area contributed by atoms with Crippen molar-refractivity contribution in [2.45, 2.75) is 31.3 Å². The van der Waals surface area contributed by atoms with E-state index in [0.717, 1.165) is 11.1 Å². The van der Waals surface area contributed by atoms with E-state index in [0.29, 0.717) is 46.6 Å². The minimum absolute atomic E-state index is 0.254. The lowest BCUT2D eigenvalue weighted by molar-refractivity contribution is -0.135. The maximum atomic E-state index is 13.1. The van der Waals surface area contributed by atoms with Gasteiger partial charge in [-0.05, 0) is 54.3 Å². The Balaban J connectivity index is 1.21. The number of fused-ring (bicyclic) bond motifs is 1. The van der Waals surface area contributed by atoms with Gasteiger partial charge in [-0.25, -0.2) is 4.79 Å². The summed E-state index contributed by atoms with van der Waals surface area (Å²) in [4.78, 5) is 38.1. The van der Waals surface area contributed by atoms with E-state index >= 15 is 0 Å². The van der Waals surface area contributed by atoms with E-state index in [1.54, 1.807) is 60.7 Å². The predicted octanol–water partition coefficient (Wildman–Crippen LogP) is 7.23. The normalized spacial score (nSPS) is 13.0. The summed E-state index contributed by atoms with van der Waals surface area (Å²) in [7, 11) is 0. The van der Waals surface area contributed by atoms with Crippen LogP contribution >= 0.6 is 0 Å². The number of rotatable bonds is 10. The Labute approximate surface area is 255 Å². The van der Waals surface area contributed by atoms with Crippen molar-refractivity contribution in [2.24, 2.45) is 0 Å². The van der Waals surface area contributed by atoms with E-state index in [4.69, 9.17) is 14.2 Å². The molecular formula is C38H30O6. The van der Waals surface area contributed by atoms with Crippen molar-refractivity contribution >= 4 is 17.9 Å². The van der Waals surface area contributed by atoms with Crippen LogP contribution in [0, 0.1) is 0 Å². The Kier molecular flexibility index (Phi) is 8.32. The van der Waals surface area contributed by atoms with Crippen LogP contribution in [-0.2, 0) is 32.8 Å². The molecule has 218 valence electrons. The van der Waals surface area contributed by atoms with Crippen LogP contribution in [0.4, 0.5) is 0 Å². The van der Waals surface area contributed by atoms with Crippen LogP contribution in [0.1, 0.15) is 51.0 Å². The first-order valence-corrected chi connectivity index (χ1v) is 14.5. The van der Waals surface area contributed by atoms with E-state index in [-0.39, 0.29) is 24.8 Å². The van der Waals surface area contributed by atoms with Gasteiger partial charge in [-0.2, -0.15) is 0 Å². The molecule has 0 aromatic heterocycles. The van der Waals surface area contributed by atoms with Crippen LogP contribution in [0.2, 0.25) is 0 Å². The molecule has 1 heterocycles. The fourth-order valence-corrected chi connectivity index (χ4v) is 5.48. The highest BCUT2D eigenvalue weighted by Crippen LogP contribution is 2.47. The number of hydrogen-bond acceptors (Lipinski definition) is 6. The quantitative estimate of drug-likeness (QED) is 0.128. The highest BCUT2D eigenvalue weighted by Gasteiger charge is 2.48. The number of aryl methyl sites for hydroxylation is 2. The van der Waals surface area contributed by atoms with Crippen LogP contribution < -0.4 is 9.47 Å². The fourth-order valence-electron chi connectivity index (χ4n) is 5.48. The molecule has 0 saturated carbocycles. The van der Waals surface area contributed by atoms with Crippen molar-refractivity contribution in [1.82, 2.24) is 0 Å². The van der Waals surface area contributed by atoms with Gasteiger partial charge < -0.3 is 14.2 Å². The molecule has 0 aliphatic carbocycles. The van der Waals surface area contributed by atoms with Gasteiger partial charge in [-0.3, -0.25) is 9.59 Å². The van der Waals surface area contributed by atoms with Crippen LogP contribution in [0.5, 0.6) is 11.5 Å². The third-order valence-corrected chi connectivity index (χ3v) is 7.68. The van der Waals surface area contributed by atoms with Crippen molar-refractivity contribution < 1.29 is 28.6 Å². The van der Waals surface area contributed by atoms with Gasteiger partial charge in [0.1, 0.15) is 11.5 Å². The van der Waals surface area contributed by atoms with E-state index < -0.39 is 11.6 Å². The Bertz CT molecular complexity index is 1660. The maximum Gasteiger partial charge on any atom is 0.340 e. The number of carbonyl (C=O) groups excluding carboxylic acids is 3. The number of carbonyl (C=O) groups is 3. The molecule has 0 saturated heterocycles. The first kappa shape index (κ1) is 28.6. The number of cyclic esters (lactones) is 1. The molecule has 0 N–H and O–H groups in total. The van der Waals surface area contributed by atoms with Gasteiger partial charge in [0, 0.05) is 29.5 Å². The SMILES string of the molecule is O=C(CCc1ccccc1)Oc1ccc(C2(c3ccc(OC(=O)CCc4ccccc4)cc3)OC(=O)c3ccccc32)cc1. The van der Waals surface area contributed by atoms with Crippen molar-refractivity contribution in [3.8, 4) is 11.5 Å². The summed E-state index contributed by atoms with van der Waals surface area (Å²) in [5.74, 6) is -0.297. The predicted molar refractivity (Wildman–Crippen MR) is 165 cm³/mol. The molecule has 5 aromatic rings. The summed E-state index contributed by atoms with van der Waals surface area (Å²) in [6, 6.07) is 40.8.